The topological polar surface area (TPSA) is 52.6 Å². The minimum Gasteiger partial charge on any atom is -0.319 e. The van der Waals surface area contributed by atoms with Crippen molar-refractivity contribution in [1.82, 2.24) is 15.1 Å². The molecule has 0 unspecified atom stereocenters. The van der Waals surface area contributed by atoms with Gasteiger partial charge in [-0.3, -0.25) is 9.69 Å². The number of amides is 3. The number of urea groups is 1. The van der Waals surface area contributed by atoms with Crippen molar-refractivity contribution in [2.45, 2.75) is 51.5 Å². The molecule has 0 bridgehead atoms. The Balaban J connectivity index is 1.53. The van der Waals surface area contributed by atoms with E-state index in [0.29, 0.717) is 6.67 Å². The number of imide groups is 1. The van der Waals surface area contributed by atoms with Gasteiger partial charge >= 0.3 is 6.03 Å². The zero-order valence-electron chi connectivity index (χ0n) is 15.2. The van der Waals surface area contributed by atoms with Gasteiger partial charge in [-0.05, 0) is 61.6 Å². The number of nitrogens with one attached hydrogen (secondary N) is 1. The van der Waals surface area contributed by atoms with Gasteiger partial charge < -0.3 is 5.32 Å². The van der Waals surface area contributed by atoms with E-state index in [4.69, 9.17) is 0 Å². The third kappa shape index (κ3) is 2.84. The Bertz CT molecular complexity index is 709. The Hall–Kier alpha value is -1.88. The van der Waals surface area contributed by atoms with Crippen molar-refractivity contribution >= 4 is 11.9 Å². The van der Waals surface area contributed by atoms with E-state index < -0.39 is 5.54 Å². The lowest BCUT2D eigenvalue weighted by molar-refractivity contribution is -0.132. The van der Waals surface area contributed by atoms with E-state index in [1.807, 2.05) is 13.0 Å². The number of carbonyl (C=O) groups is 2. The van der Waals surface area contributed by atoms with Crippen molar-refractivity contribution in [3.05, 3.63) is 34.9 Å². The number of fused-ring (bicyclic) bond motifs is 1. The van der Waals surface area contributed by atoms with Crippen LogP contribution in [0.3, 0.4) is 0 Å². The zero-order valence-corrected chi connectivity index (χ0v) is 15.2. The summed E-state index contributed by atoms with van der Waals surface area (Å²) in [5, 5.41) is 2.95. The Labute approximate surface area is 149 Å². The van der Waals surface area contributed by atoms with Crippen LogP contribution in [0.2, 0.25) is 0 Å². The van der Waals surface area contributed by atoms with Crippen LogP contribution in [-0.4, -0.2) is 41.5 Å². The highest BCUT2D eigenvalue weighted by Gasteiger charge is 2.49. The van der Waals surface area contributed by atoms with Gasteiger partial charge in [0.05, 0.1) is 6.67 Å². The van der Waals surface area contributed by atoms with Crippen molar-refractivity contribution in [3.63, 3.8) is 0 Å². The average Bonchev–Trinajstić information content (AvgIpc) is 3.15. The van der Waals surface area contributed by atoms with Gasteiger partial charge in [-0.1, -0.05) is 25.1 Å². The first kappa shape index (κ1) is 16.6. The van der Waals surface area contributed by atoms with Gasteiger partial charge in [0.15, 0.2) is 0 Å². The molecule has 0 aromatic heterocycles. The monoisotopic (exact) mass is 341 g/mol. The maximum Gasteiger partial charge on any atom is 0.326 e. The first-order chi connectivity index (χ1) is 12.0. The van der Waals surface area contributed by atoms with Crippen LogP contribution in [0.15, 0.2) is 18.2 Å². The van der Waals surface area contributed by atoms with Crippen molar-refractivity contribution in [2.75, 3.05) is 19.8 Å². The molecule has 1 aromatic rings. The van der Waals surface area contributed by atoms with Crippen LogP contribution < -0.4 is 5.32 Å². The van der Waals surface area contributed by atoms with Gasteiger partial charge in [-0.25, -0.2) is 9.69 Å². The van der Waals surface area contributed by atoms with Gasteiger partial charge in [-0.2, -0.15) is 0 Å². The summed E-state index contributed by atoms with van der Waals surface area (Å²) in [6.07, 6.45) is 5.62. The quantitative estimate of drug-likeness (QED) is 0.860. The molecule has 2 fully saturated rings. The SMILES string of the molecule is CC1CCN(CN2C(=O)N[C@@](C)(c3ccc4c(c3)CCC4)C2=O)CC1. The number of likely N-dealkylation sites (tertiary alicyclic amines) is 1. The summed E-state index contributed by atoms with van der Waals surface area (Å²) in [6.45, 7) is 6.40. The zero-order chi connectivity index (χ0) is 17.6. The van der Waals surface area contributed by atoms with Crippen LogP contribution in [0.5, 0.6) is 0 Å². The van der Waals surface area contributed by atoms with Gasteiger partial charge in [0.1, 0.15) is 5.54 Å². The van der Waals surface area contributed by atoms with Crippen molar-refractivity contribution < 1.29 is 9.59 Å². The number of carbonyl (C=O) groups excluding carboxylic acids is 2. The molecule has 1 aliphatic carbocycles. The molecule has 2 aliphatic heterocycles. The Morgan fingerprint density at radius 3 is 2.64 bits per heavy atom. The smallest absolute Gasteiger partial charge is 0.319 e. The number of nitrogens with zero attached hydrogens (tertiary/aromatic N) is 2. The summed E-state index contributed by atoms with van der Waals surface area (Å²) in [5.41, 5.74) is 2.66. The highest BCUT2D eigenvalue weighted by Crippen LogP contribution is 2.33. The molecule has 5 heteroatoms. The first-order valence-electron chi connectivity index (χ1n) is 9.46. The summed E-state index contributed by atoms with van der Waals surface area (Å²) >= 11 is 0. The van der Waals surface area contributed by atoms with E-state index in [1.165, 1.54) is 22.4 Å². The summed E-state index contributed by atoms with van der Waals surface area (Å²) in [7, 11) is 0. The van der Waals surface area contributed by atoms with E-state index >= 15 is 0 Å². The Morgan fingerprint density at radius 1 is 1.16 bits per heavy atom. The number of rotatable bonds is 3. The number of hydrogen-bond donors (Lipinski definition) is 1. The number of aryl methyl sites for hydroxylation is 2. The third-order valence-electron chi connectivity index (χ3n) is 6.17. The minimum absolute atomic E-state index is 0.130. The van der Waals surface area contributed by atoms with Gasteiger partial charge in [0.2, 0.25) is 0 Å². The van der Waals surface area contributed by atoms with Crippen molar-refractivity contribution in [3.8, 4) is 0 Å². The second-order valence-electron chi connectivity index (χ2n) is 8.07. The van der Waals surface area contributed by atoms with Gasteiger partial charge in [0.25, 0.3) is 5.91 Å². The fraction of sp³-hybridized carbons (Fsp3) is 0.600. The highest BCUT2D eigenvalue weighted by atomic mass is 16.2. The molecule has 1 N–H and O–H groups in total. The van der Waals surface area contributed by atoms with Gasteiger partial charge in [-0.15, -0.1) is 0 Å². The molecule has 1 atom stereocenters. The molecule has 25 heavy (non-hydrogen) atoms. The normalized spacial score (nSPS) is 27.7. The molecule has 2 saturated heterocycles. The Kier molecular flexibility index (Phi) is 4.07. The molecule has 134 valence electrons. The predicted molar refractivity (Wildman–Crippen MR) is 96.0 cm³/mol. The van der Waals surface area contributed by atoms with Crippen LogP contribution in [0.4, 0.5) is 4.79 Å². The van der Waals surface area contributed by atoms with Gasteiger partial charge in [0, 0.05) is 13.1 Å². The van der Waals surface area contributed by atoms with Crippen LogP contribution in [0.1, 0.15) is 49.8 Å². The molecule has 0 saturated carbocycles. The van der Waals surface area contributed by atoms with Crippen molar-refractivity contribution in [2.24, 2.45) is 5.92 Å². The lowest BCUT2D eigenvalue weighted by Crippen LogP contribution is -2.46. The lowest BCUT2D eigenvalue weighted by Gasteiger charge is -2.32. The Morgan fingerprint density at radius 2 is 1.88 bits per heavy atom. The molecular weight excluding hydrogens is 314 g/mol. The standard InChI is InChI=1S/C20H27N3O2/c1-14-8-10-22(11-9-14)13-23-18(24)20(2,21-19(23)25)17-7-6-15-4-3-5-16(15)12-17/h6-7,12,14H,3-5,8-11,13H2,1-2H3,(H,21,25)/t20-/m0/s1. The average molecular weight is 341 g/mol. The molecule has 5 nitrogen and oxygen atoms in total. The number of piperidine rings is 1. The molecule has 3 amide bonds. The van der Waals surface area contributed by atoms with E-state index in [0.717, 1.165) is 50.3 Å². The van der Waals surface area contributed by atoms with E-state index in [9.17, 15) is 9.59 Å². The fourth-order valence-corrected chi connectivity index (χ4v) is 4.31. The van der Waals surface area contributed by atoms with Crippen molar-refractivity contribution in [1.29, 1.82) is 0 Å². The van der Waals surface area contributed by atoms with E-state index in [1.54, 1.807) is 0 Å². The maximum absolute atomic E-state index is 13.1. The predicted octanol–water partition coefficient (Wildman–Crippen LogP) is 2.63. The second-order valence-corrected chi connectivity index (χ2v) is 8.07. The van der Waals surface area contributed by atoms with E-state index in [2.05, 4.69) is 29.3 Å². The highest BCUT2D eigenvalue weighted by molar-refractivity contribution is 6.07. The largest absolute Gasteiger partial charge is 0.326 e. The van der Waals surface area contributed by atoms with Crippen LogP contribution >= 0.6 is 0 Å². The summed E-state index contributed by atoms with van der Waals surface area (Å²) < 4.78 is 0. The fourth-order valence-electron chi connectivity index (χ4n) is 4.31. The number of hydrogen-bond acceptors (Lipinski definition) is 3. The van der Waals surface area contributed by atoms with Crippen LogP contribution in [0.25, 0.3) is 0 Å². The maximum atomic E-state index is 13.1. The molecule has 3 aliphatic rings. The number of benzene rings is 1. The molecular formula is C20H27N3O2. The molecule has 2 heterocycles. The van der Waals surface area contributed by atoms with Crippen LogP contribution in [-0.2, 0) is 23.2 Å². The summed E-state index contributed by atoms with van der Waals surface area (Å²) in [4.78, 5) is 29.2. The minimum atomic E-state index is -0.947. The van der Waals surface area contributed by atoms with E-state index in [-0.39, 0.29) is 11.9 Å². The molecule has 1 aromatic carbocycles. The summed E-state index contributed by atoms with van der Waals surface area (Å²) in [6, 6.07) is 5.98. The molecule has 0 spiro atoms. The molecule has 4 rings (SSSR count). The lowest BCUT2D eigenvalue weighted by atomic mass is 9.90. The third-order valence-corrected chi connectivity index (χ3v) is 6.17. The van der Waals surface area contributed by atoms with Crippen LogP contribution in [0, 0.1) is 5.92 Å². The first-order valence-corrected chi connectivity index (χ1v) is 9.46. The summed E-state index contributed by atoms with van der Waals surface area (Å²) in [5.74, 6) is 0.602. The second kappa shape index (κ2) is 6.13. The molecule has 0 radical (unpaired) electrons.